The average Bonchev–Trinajstić information content (AvgIpc) is 2.77. The van der Waals surface area contributed by atoms with Gasteiger partial charge in [0, 0.05) is 17.9 Å². The Morgan fingerprint density at radius 3 is 2.24 bits per heavy atom. The maximum absolute atomic E-state index is 11.0. The summed E-state index contributed by atoms with van der Waals surface area (Å²) in [5.41, 5.74) is 2.62. The van der Waals surface area contributed by atoms with Gasteiger partial charge in [0.05, 0.1) is 18.8 Å². The molecule has 0 aromatic rings. The average molecular weight is 473 g/mol. The topological polar surface area (TPSA) is 49.7 Å². The fourth-order valence-electron chi connectivity index (χ4n) is 11.0. The van der Waals surface area contributed by atoms with Crippen LogP contribution in [-0.4, -0.2) is 36.1 Å². The van der Waals surface area contributed by atoms with Crippen LogP contribution >= 0.6 is 0 Å². The second-order valence-corrected chi connectivity index (χ2v) is 15.4. The summed E-state index contributed by atoms with van der Waals surface area (Å²) in [6.45, 7) is 17.5. The molecule has 1 unspecified atom stereocenters. The molecule has 0 heterocycles. The van der Waals surface area contributed by atoms with Crippen molar-refractivity contribution in [2.24, 2.45) is 50.2 Å². The number of fused-ring (bicyclic) bond motifs is 7. The van der Waals surface area contributed by atoms with Gasteiger partial charge in [-0.25, -0.2) is 0 Å². The fourth-order valence-corrected chi connectivity index (χ4v) is 11.0. The molecule has 4 saturated carbocycles. The zero-order valence-electron chi connectivity index (χ0n) is 23.3. The van der Waals surface area contributed by atoms with Crippen LogP contribution in [0.25, 0.3) is 0 Å². The van der Waals surface area contributed by atoms with E-state index in [-0.39, 0.29) is 39.8 Å². The number of methoxy groups -OCH3 is 1. The predicted octanol–water partition coefficient (Wildman–Crippen LogP) is 6.77. The minimum absolute atomic E-state index is 0.101. The highest BCUT2D eigenvalue weighted by Gasteiger charge is 2.69. The number of aliphatic hydroxyl groups excluding tert-OH is 2. The SMILES string of the molecule is CO[C@@H]1CC(C)(C)C[C@@H]2C3=CC[C@@H]4[C@@]5(C)CC[C@H](O)[C@@](C)(CO)C5CC[C@@]4(C)[C@]3(C)CC[C@]21C. The lowest BCUT2D eigenvalue weighted by atomic mass is 9.33. The molecule has 194 valence electrons. The molecule has 5 rings (SSSR count). The van der Waals surface area contributed by atoms with Crippen LogP contribution in [0, 0.1) is 50.2 Å². The Balaban J connectivity index is 1.58. The minimum atomic E-state index is -0.379. The van der Waals surface area contributed by atoms with Gasteiger partial charge in [-0.15, -0.1) is 0 Å². The Morgan fingerprint density at radius 1 is 0.882 bits per heavy atom. The van der Waals surface area contributed by atoms with Crippen molar-refractivity contribution in [1.82, 2.24) is 0 Å². The Labute approximate surface area is 209 Å². The maximum Gasteiger partial charge on any atom is 0.0635 e. The highest BCUT2D eigenvalue weighted by molar-refractivity contribution is 5.34. The Morgan fingerprint density at radius 2 is 1.59 bits per heavy atom. The number of ether oxygens (including phenoxy) is 1. The zero-order valence-corrected chi connectivity index (χ0v) is 23.3. The first kappa shape index (κ1) is 25.3. The van der Waals surface area contributed by atoms with E-state index in [4.69, 9.17) is 4.74 Å². The fraction of sp³-hybridized carbons (Fsp3) is 0.935. The Hall–Kier alpha value is -0.380. The molecule has 0 amide bonds. The van der Waals surface area contributed by atoms with E-state index >= 15 is 0 Å². The molecule has 4 fully saturated rings. The molecule has 3 nitrogen and oxygen atoms in total. The second kappa shape index (κ2) is 7.57. The van der Waals surface area contributed by atoms with Crippen molar-refractivity contribution >= 4 is 0 Å². The highest BCUT2D eigenvalue weighted by atomic mass is 16.5. The van der Waals surface area contributed by atoms with Gasteiger partial charge in [0.15, 0.2) is 0 Å². The molecule has 0 spiro atoms. The van der Waals surface area contributed by atoms with Crippen LogP contribution in [0.3, 0.4) is 0 Å². The molecule has 2 N–H and O–H groups in total. The third-order valence-corrected chi connectivity index (χ3v) is 13.5. The second-order valence-electron chi connectivity index (χ2n) is 15.4. The van der Waals surface area contributed by atoms with E-state index in [9.17, 15) is 10.2 Å². The summed E-state index contributed by atoms with van der Waals surface area (Å²) in [5, 5.41) is 21.4. The molecule has 0 radical (unpaired) electrons. The summed E-state index contributed by atoms with van der Waals surface area (Å²) in [5.74, 6) is 1.62. The third-order valence-electron chi connectivity index (χ3n) is 13.5. The molecular formula is C31H52O3. The zero-order chi connectivity index (χ0) is 24.9. The van der Waals surface area contributed by atoms with Gasteiger partial charge < -0.3 is 14.9 Å². The normalized spacial score (nSPS) is 56.4. The van der Waals surface area contributed by atoms with Crippen LogP contribution < -0.4 is 0 Å². The largest absolute Gasteiger partial charge is 0.396 e. The van der Waals surface area contributed by atoms with E-state index in [0.717, 1.165) is 25.7 Å². The molecule has 0 bridgehead atoms. The van der Waals surface area contributed by atoms with Gasteiger partial charge >= 0.3 is 0 Å². The Kier molecular flexibility index (Phi) is 5.63. The number of hydrogen-bond donors (Lipinski definition) is 2. The molecule has 0 aromatic carbocycles. The molecule has 0 aromatic heterocycles. The van der Waals surface area contributed by atoms with Gasteiger partial charge in [0.2, 0.25) is 0 Å². The molecule has 0 aliphatic heterocycles. The third kappa shape index (κ3) is 2.99. The first-order valence-corrected chi connectivity index (χ1v) is 14.2. The maximum atomic E-state index is 11.0. The van der Waals surface area contributed by atoms with Crippen LogP contribution in [0.4, 0.5) is 0 Å². The molecule has 5 aliphatic carbocycles. The number of rotatable bonds is 2. The molecule has 5 aliphatic rings. The van der Waals surface area contributed by atoms with Crippen LogP contribution in [0.2, 0.25) is 0 Å². The van der Waals surface area contributed by atoms with Gasteiger partial charge in [-0.1, -0.05) is 60.1 Å². The van der Waals surface area contributed by atoms with E-state index < -0.39 is 0 Å². The monoisotopic (exact) mass is 472 g/mol. The van der Waals surface area contributed by atoms with E-state index in [1.165, 1.54) is 32.1 Å². The van der Waals surface area contributed by atoms with Crippen molar-refractivity contribution in [3.8, 4) is 0 Å². The lowest BCUT2D eigenvalue weighted by Gasteiger charge is -2.71. The van der Waals surface area contributed by atoms with Crippen LogP contribution in [0.5, 0.6) is 0 Å². The number of allylic oxidation sites excluding steroid dienone is 2. The first-order chi connectivity index (χ1) is 15.7. The summed E-state index contributed by atoms with van der Waals surface area (Å²) in [6, 6.07) is 0. The number of aliphatic hydroxyl groups is 2. The van der Waals surface area contributed by atoms with E-state index in [1.54, 1.807) is 5.57 Å². The van der Waals surface area contributed by atoms with Gasteiger partial charge in [-0.05, 0) is 97.2 Å². The smallest absolute Gasteiger partial charge is 0.0635 e. The first-order valence-electron chi connectivity index (χ1n) is 14.2. The van der Waals surface area contributed by atoms with Crippen LogP contribution in [0.15, 0.2) is 11.6 Å². The molecule has 0 saturated heterocycles. The van der Waals surface area contributed by atoms with Crippen molar-refractivity contribution in [1.29, 1.82) is 0 Å². The summed E-state index contributed by atoms with van der Waals surface area (Å²) >= 11 is 0. The van der Waals surface area contributed by atoms with Gasteiger partial charge in [-0.2, -0.15) is 0 Å². The van der Waals surface area contributed by atoms with E-state index in [1.807, 2.05) is 7.11 Å². The molecule has 34 heavy (non-hydrogen) atoms. The standard InChI is InChI=1S/C31H52O3/c1-26(2)17-21-20-9-10-23-28(4)13-12-24(33)29(5,19-32)22(28)11-14-31(23,7)30(20,6)16-15-27(21,3)25(18-26)34-8/h9,21-25,32-33H,10-19H2,1-8H3/t21-,22?,23-,24+,25-,27-,28+,29+,30-,31-/m1/s1. The van der Waals surface area contributed by atoms with Crippen LogP contribution in [-0.2, 0) is 4.74 Å². The van der Waals surface area contributed by atoms with Crippen molar-refractivity contribution in [2.75, 3.05) is 13.7 Å². The quantitative estimate of drug-likeness (QED) is 0.436. The van der Waals surface area contributed by atoms with E-state index in [0.29, 0.717) is 29.3 Å². The lowest BCUT2D eigenvalue weighted by Crippen LogP contribution is -2.66. The van der Waals surface area contributed by atoms with E-state index in [2.05, 4.69) is 54.5 Å². The minimum Gasteiger partial charge on any atom is -0.396 e. The van der Waals surface area contributed by atoms with Crippen molar-refractivity contribution in [2.45, 2.75) is 118 Å². The molecule has 10 atom stereocenters. The Bertz CT molecular complexity index is 863. The van der Waals surface area contributed by atoms with Crippen molar-refractivity contribution in [3.05, 3.63) is 11.6 Å². The van der Waals surface area contributed by atoms with Gasteiger partial charge in [0.25, 0.3) is 0 Å². The molecule has 3 heteroatoms. The van der Waals surface area contributed by atoms with Crippen LogP contribution in [0.1, 0.15) is 106 Å². The predicted molar refractivity (Wildman–Crippen MR) is 138 cm³/mol. The summed E-state index contributed by atoms with van der Waals surface area (Å²) in [6.07, 6.45) is 13.1. The molecular weight excluding hydrogens is 420 g/mol. The number of hydrogen-bond acceptors (Lipinski definition) is 3. The van der Waals surface area contributed by atoms with Crippen molar-refractivity contribution < 1.29 is 14.9 Å². The highest BCUT2D eigenvalue weighted by Crippen LogP contribution is 2.75. The van der Waals surface area contributed by atoms with Gasteiger partial charge in [0.1, 0.15) is 0 Å². The summed E-state index contributed by atoms with van der Waals surface area (Å²) in [4.78, 5) is 0. The van der Waals surface area contributed by atoms with Crippen molar-refractivity contribution in [3.63, 3.8) is 0 Å². The van der Waals surface area contributed by atoms with Gasteiger partial charge in [-0.3, -0.25) is 0 Å². The lowest BCUT2D eigenvalue weighted by molar-refractivity contribution is -0.219. The summed E-state index contributed by atoms with van der Waals surface area (Å²) in [7, 11) is 1.94. The summed E-state index contributed by atoms with van der Waals surface area (Å²) < 4.78 is 6.20.